The molecule has 1 N–H and O–H groups in total. The lowest BCUT2D eigenvalue weighted by molar-refractivity contribution is 0.102. The van der Waals surface area contributed by atoms with Gasteiger partial charge in [-0.1, -0.05) is 36.4 Å². The van der Waals surface area contributed by atoms with Gasteiger partial charge in [0.15, 0.2) is 0 Å². The lowest BCUT2D eigenvalue weighted by Crippen LogP contribution is -2.13. The van der Waals surface area contributed by atoms with Crippen molar-refractivity contribution in [3.05, 3.63) is 84.4 Å². The molecule has 1 amide bonds. The molecular formula is C20H17NO4S. The van der Waals surface area contributed by atoms with E-state index in [1.54, 1.807) is 54.6 Å². The molecule has 132 valence electrons. The number of carbonyl (C=O) groups excluding carboxylic acids is 1. The highest BCUT2D eigenvalue weighted by molar-refractivity contribution is 7.91. The number of sulfone groups is 1. The van der Waals surface area contributed by atoms with Crippen LogP contribution in [0.25, 0.3) is 0 Å². The summed E-state index contributed by atoms with van der Waals surface area (Å²) in [7, 11) is -2.17. The van der Waals surface area contributed by atoms with Crippen LogP contribution in [-0.2, 0) is 9.84 Å². The zero-order valence-corrected chi connectivity index (χ0v) is 14.9. The van der Waals surface area contributed by atoms with E-state index in [0.29, 0.717) is 11.4 Å². The molecule has 0 unspecified atom stereocenters. The fourth-order valence-corrected chi connectivity index (χ4v) is 3.81. The van der Waals surface area contributed by atoms with E-state index in [9.17, 15) is 13.2 Å². The highest BCUT2D eigenvalue weighted by Gasteiger charge is 2.19. The van der Waals surface area contributed by atoms with Gasteiger partial charge in [0.2, 0.25) is 9.84 Å². The van der Waals surface area contributed by atoms with Gasteiger partial charge in [-0.05, 0) is 42.5 Å². The first-order valence-electron chi connectivity index (χ1n) is 7.87. The van der Waals surface area contributed by atoms with Crippen molar-refractivity contribution in [2.45, 2.75) is 9.79 Å². The summed E-state index contributed by atoms with van der Waals surface area (Å²) in [6.45, 7) is 0. The van der Waals surface area contributed by atoms with Gasteiger partial charge in [0, 0.05) is 5.56 Å². The Morgan fingerprint density at radius 1 is 0.846 bits per heavy atom. The van der Waals surface area contributed by atoms with Crippen molar-refractivity contribution in [2.75, 3.05) is 12.4 Å². The third-order valence-electron chi connectivity index (χ3n) is 3.82. The molecule has 0 fully saturated rings. The Morgan fingerprint density at radius 2 is 1.50 bits per heavy atom. The summed E-state index contributed by atoms with van der Waals surface area (Å²) < 4.78 is 30.6. The Balaban J connectivity index is 1.91. The molecule has 0 saturated carbocycles. The molecule has 0 spiro atoms. The summed E-state index contributed by atoms with van der Waals surface area (Å²) in [4.78, 5) is 12.8. The molecule has 0 aliphatic carbocycles. The smallest absolute Gasteiger partial charge is 0.255 e. The van der Waals surface area contributed by atoms with E-state index >= 15 is 0 Å². The van der Waals surface area contributed by atoms with Crippen LogP contribution >= 0.6 is 0 Å². The first-order chi connectivity index (χ1) is 12.5. The highest BCUT2D eigenvalue weighted by atomic mass is 32.2. The van der Waals surface area contributed by atoms with E-state index in [4.69, 9.17) is 4.74 Å². The fraction of sp³-hybridized carbons (Fsp3) is 0.0500. The van der Waals surface area contributed by atoms with Crippen LogP contribution in [0.4, 0.5) is 5.69 Å². The minimum absolute atomic E-state index is 0.0661. The molecule has 5 nitrogen and oxygen atoms in total. The number of rotatable bonds is 5. The summed E-state index contributed by atoms with van der Waals surface area (Å²) in [5.41, 5.74) is 0.754. The van der Waals surface area contributed by atoms with Crippen LogP contribution in [0.15, 0.2) is 88.7 Å². The van der Waals surface area contributed by atoms with Crippen molar-refractivity contribution < 1.29 is 17.9 Å². The van der Waals surface area contributed by atoms with Gasteiger partial charge in [-0.2, -0.15) is 0 Å². The number of anilines is 1. The second-order valence-corrected chi connectivity index (χ2v) is 7.45. The van der Waals surface area contributed by atoms with Crippen molar-refractivity contribution >= 4 is 21.4 Å². The number of hydrogen-bond donors (Lipinski definition) is 1. The van der Waals surface area contributed by atoms with E-state index in [0.717, 1.165) is 0 Å². The van der Waals surface area contributed by atoms with Crippen LogP contribution in [0, 0.1) is 0 Å². The Morgan fingerprint density at radius 3 is 2.23 bits per heavy atom. The maximum absolute atomic E-state index is 12.7. The van der Waals surface area contributed by atoms with Crippen LogP contribution in [0.1, 0.15) is 10.4 Å². The third kappa shape index (κ3) is 3.60. The molecule has 0 bridgehead atoms. The number of methoxy groups -OCH3 is 1. The Bertz CT molecular complexity index is 1030. The molecule has 0 aromatic heterocycles. The van der Waals surface area contributed by atoms with Gasteiger partial charge >= 0.3 is 0 Å². The minimum Gasteiger partial charge on any atom is -0.495 e. The number of nitrogens with one attached hydrogen (secondary N) is 1. The number of para-hydroxylation sites is 2. The molecule has 0 saturated heterocycles. The molecule has 0 aliphatic rings. The zero-order chi connectivity index (χ0) is 18.6. The molecule has 0 aliphatic heterocycles. The molecule has 3 aromatic carbocycles. The van der Waals surface area contributed by atoms with E-state index in [2.05, 4.69) is 5.32 Å². The topological polar surface area (TPSA) is 72.5 Å². The molecule has 0 heterocycles. The molecule has 0 atom stereocenters. The monoisotopic (exact) mass is 367 g/mol. The standard InChI is InChI=1S/C20H17NO4S/c1-25-19-13-6-5-12-18(19)21-20(22)15-8-7-11-17(14-15)26(23,24)16-9-3-2-4-10-16/h2-14H,1H3,(H,21,22). The number of benzene rings is 3. The van der Waals surface area contributed by atoms with Crippen molar-refractivity contribution in [1.29, 1.82) is 0 Å². The molecule has 3 aromatic rings. The normalized spacial score (nSPS) is 11.0. The van der Waals surface area contributed by atoms with Crippen molar-refractivity contribution in [1.82, 2.24) is 0 Å². The minimum atomic E-state index is -3.69. The molecule has 0 radical (unpaired) electrons. The average molecular weight is 367 g/mol. The van der Waals surface area contributed by atoms with E-state index in [1.807, 2.05) is 0 Å². The van der Waals surface area contributed by atoms with E-state index in [-0.39, 0.29) is 15.4 Å². The maximum Gasteiger partial charge on any atom is 0.255 e. The summed E-state index contributed by atoms with van der Waals surface area (Å²) >= 11 is 0. The van der Waals surface area contributed by atoms with Crippen LogP contribution in [0.3, 0.4) is 0 Å². The quantitative estimate of drug-likeness (QED) is 0.745. The summed E-state index contributed by atoms with van der Waals surface area (Å²) in [5.74, 6) is 0.105. The predicted molar refractivity (Wildman–Crippen MR) is 99.3 cm³/mol. The first kappa shape index (κ1) is 17.7. The van der Waals surface area contributed by atoms with Gasteiger partial charge < -0.3 is 10.1 Å². The van der Waals surface area contributed by atoms with Crippen LogP contribution < -0.4 is 10.1 Å². The van der Waals surface area contributed by atoms with Crippen LogP contribution in [0.2, 0.25) is 0 Å². The lowest BCUT2D eigenvalue weighted by atomic mass is 10.2. The van der Waals surface area contributed by atoms with Crippen LogP contribution in [-0.4, -0.2) is 21.4 Å². The second-order valence-electron chi connectivity index (χ2n) is 5.50. The predicted octanol–water partition coefficient (Wildman–Crippen LogP) is 3.78. The average Bonchev–Trinajstić information content (AvgIpc) is 2.69. The van der Waals surface area contributed by atoms with Crippen molar-refractivity contribution in [2.24, 2.45) is 0 Å². The molecule has 3 rings (SSSR count). The Kier molecular flexibility index (Phi) is 5.04. The van der Waals surface area contributed by atoms with Gasteiger partial charge in [0.25, 0.3) is 5.91 Å². The number of hydrogen-bond acceptors (Lipinski definition) is 4. The zero-order valence-electron chi connectivity index (χ0n) is 14.0. The Hall–Kier alpha value is -3.12. The summed E-state index contributed by atoms with van der Waals surface area (Å²) in [5, 5.41) is 2.74. The molecular weight excluding hydrogens is 350 g/mol. The second kappa shape index (κ2) is 7.41. The van der Waals surface area contributed by atoms with E-state index in [1.165, 1.54) is 31.4 Å². The Labute approximate surface area is 152 Å². The van der Waals surface area contributed by atoms with Gasteiger partial charge in [0.05, 0.1) is 22.6 Å². The molecule has 6 heteroatoms. The SMILES string of the molecule is COc1ccccc1NC(=O)c1cccc(S(=O)(=O)c2ccccc2)c1. The maximum atomic E-state index is 12.7. The van der Waals surface area contributed by atoms with Crippen molar-refractivity contribution in [3.8, 4) is 5.75 Å². The summed E-state index contributed by atoms with van der Waals surface area (Å²) in [6.07, 6.45) is 0. The summed E-state index contributed by atoms with van der Waals surface area (Å²) in [6, 6.07) is 21.1. The van der Waals surface area contributed by atoms with Gasteiger partial charge in [0.1, 0.15) is 5.75 Å². The number of amides is 1. The number of ether oxygens (including phenoxy) is 1. The highest BCUT2D eigenvalue weighted by Crippen LogP contribution is 2.25. The van der Waals surface area contributed by atoms with Gasteiger partial charge in [-0.3, -0.25) is 4.79 Å². The third-order valence-corrected chi connectivity index (χ3v) is 5.58. The largest absolute Gasteiger partial charge is 0.495 e. The van der Waals surface area contributed by atoms with Gasteiger partial charge in [-0.15, -0.1) is 0 Å². The van der Waals surface area contributed by atoms with Gasteiger partial charge in [-0.25, -0.2) is 8.42 Å². The van der Waals surface area contributed by atoms with E-state index < -0.39 is 15.7 Å². The van der Waals surface area contributed by atoms with Crippen LogP contribution in [0.5, 0.6) is 5.75 Å². The van der Waals surface area contributed by atoms with Crippen molar-refractivity contribution in [3.63, 3.8) is 0 Å². The first-order valence-corrected chi connectivity index (χ1v) is 9.35. The fourth-order valence-electron chi connectivity index (χ4n) is 2.48. The molecule has 26 heavy (non-hydrogen) atoms. The number of carbonyl (C=O) groups is 1. The lowest BCUT2D eigenvalue weighted by Gasteiger charge is -2.11.